The van der Waals surface area contributed by atoms with Crippen LogP contribution in [-0.4, -0.2) is 40.4 Å². The highest BCUT2D eigenvalue weighted by Crippen LogP contribution is 2.21. The van der Waals surface area contributed by atoms with Crippen molar-refractivity contribution in [1.82, 2.24) is 15.1 Å². The van der Waals surface area contributed by atoms with Gasteiger partial charge in [0.25, 0.3) is 0 Å². The lowest BCUT2D eigenvalue weighted by atomic mass is 10.3. The van der Waals surface area contributed by atoms with Gasteiger partial charge in [-0.3, -0.25) is 4.79 Å². The molecule has 9 heteroatoms. The molecule has 0 saturated carbocycles. The van der Waals surface area contributed by atoms with E-state index in [1.165, 1.54) is 18.0 Å². The van der Waals surface area contributed by atoms with Gasteiger partial charge >= 0.3 is 5.82 Å². The number of nitrogens with one attached hydrogen (secondary N) is 1. The summed E-state index contributed by atoms with van der Waals surface area (Å²) in [5, 5.41) is 16.9. The maximum atomic E-state index is 11.6. The van der Waals surface area contributed by atoms with Crippen LogP contribution in [0.4, 0.5) is 5.82 Å². The van der Waals surface area contributed by atoms with Gasteiger partial charge in [-0.15, -0.1) is 0 Å². The number of amides is 1. The van der Waals surface area contributed by atoms with E-state index in [0.717, 1.165) is 0 Å². The van der Waals surface area contributed by atoms with Crippen molar-refractivity contribution >= 4 is 27.7 Å². The van der Waals surface area contributed by atoms with Crippen LogP contribution in [0.5, 0.6) is 0 Å². The minimum Gasteiger partial charge on any atom is -0.383 e. The number of rotatable bonds is 6. The number of halogens is 1. The van der Waals surface area contributed by atoms with Crippen LogP contribution < -0.4 is 5.32 Å². The van der Waals surface area contributed by atoms with E-state index in [1.807, 2.05) is 0 Å². The third-order valence-corrected chi connectivity index (χ3v) is 2.56. The van der Waals surface area contributed by atoms with Gasteiger partial charge in [-0.25, -0.2) is 0 Å². The predicted molar refractivity (Wildman–Crippen MR) is 66.1 cm³/mol. The number of hydrogen-bond donors (Lipinski definition) is 1. The normalized spacial score (nSPS) is 12.2. The summed E-state index contributed by atoms with van der Waals surface area (Å²) in [5.41, 5.74) is 0. The Morgan fingerprint density at radius 2 is 2.44 bits per heavy atom. The number of nitrogens with zero attached hydrogens (tertiary/aromatic N) is 3. The Labute approximate surface area is 112 Å². The molecule has 0 fully saturated rings. The largest absolute Gasteiger partial charge is 0.404 e. The third-order valence-electron chi connectivity index (χ3n) is 2.00. The first-order chi connectivity index (χ1) is 8.43. The van der Waals surface area contributed by atoms with Gasteiger partial charge in [-0.05, 0) is 27.8 Å². The molecule has 1 amide bonds. The molecule has 0 spiro atoms. The van der Waals surface area contributed by atoms with Crippen molar-refractivity contribution in [3.05, 3.63) is 20.8 Å². The second-order valence-corrected chi connectivity index (χ2v) is 4.53. The minimum absolute atomic E-state index is 0.0828. The summed E-state index contributed by atoms with van der Waals surface area (Å²) in [6.07, 6.45) is 1.39. The van der Waals surface area contributed by atoms with E-state index in [0.29, 0.717) is 6.61 Å². The van der Waals surface area contributed by atoms with Crippen molar-refractivity contribution < 1.29 is 14.5 Å². The van der Waals surface area contributed by atoms with Crippen LogP contribution in [0.1, 0.15) is 6.92 Å². The van der Waals surface area contributed by atoms with Crippen molar-refractivity contribution in [2.75, 3.05) is 13.7 Å². The van der Waals surface area contributed by atoms with Crippen molar-refractivity contribution in [3.8, 4) is 0 Å². The van der Waals surface area contributed by atoms with Gasteiger partial charge in [-0.2, -0.15) is 4.68 Å². The highest BCUT2D eigenvalue weighted by Gasteiger charge is 2.20. The molecule has 18 heavy (non-hydrogen) atoms. The summed E-state index contributed by atoms with van der Waals surface area (Å²) in [6.45, 7) is 2.11. The molecule has 1 atom stereocenters. The van der Waals surface area contributed by atoms with Crippen LogP contribution in [0.25, 0.3) is 0 Å². The number of methoxy groups -OCH3 is 1. The Hall–Kier alpha value is -1.48. The van der Waals surface area contributed by atoms with Crippen LogP contribution in [-0.2, 0) is 16.1 Å². The quantitative estimate of drug-likeness (QED) is 0.614. The average Bonchev–Trinajstić information content (AvgIpc) is 2.59. The Kier molecular flexibility index (Phi) is 5.23. The summed E-state index contributed by atoms with van der Waals surface area (Å²) in [5.74, 6) is -0.600. The molecule has 8 nitrogen and oxygen atoms in total. The van der Waals surface area contributed by atoms with E-state index >= 15 is 0 Å². The van der Waals surface area contributed by atoms with Crippen molar-refractivity contribution in [2.24, 2.45) is 0 Å². The smallest absolute Gasteiger partial charge is 0.383 e. The van der Waals surface area contributed by atoms with Crippen LogP contribution in [0.3, 0.4) is 0 Å². The van der Waals surface area contributed by atoms with Gasteiger partial charge in [0.2, 0.25) is 5.91 Å². The summed E-state index contributed by atoms with van der Waals surface area (Å²) < 4.78 is 6.32. The number of nitro groups is 1. The zero-order valence-electron chi connectivity index (χ0n) is 9.92. The van der Waals surface area contributed by atoms with E-state index in [2.05, 4.69) is 26.3 Å². The topological polar surface area (TPSA) is 99.3 Å². The summed E-state index contributed by atoms with van der Waals surface area (Å²) in [4.78, 5) is 21.5. The second kappa shape index (κ2) is 6.45. The number of carbonyl (C=O) groups is 1. The first kappa shape index (κ1) is 14.6. The minimum atomic E-state index is -0.619. The maximum Gasteiger partial charge on any atom is 0.404 e. The highest BCUT2D eigenvalue weighted by molar-refractivity contribution is 9.10. The molecule has 0 aromatic carbocycles. The van der Waals surface area contributed by atoms with Gasteiger partial charge in [0.05, 0.1) is 17.9 Å². The van der Waals surface area contributed by atoms with Gasteiger partial charge in [0.1, 0.15) is 11.0 Å². The fraction of sp³-hybridized carbons (Fsp3) is 0.556. The van der Waals surface area contributed by atoms with E-state index in [4.69, 9.17) is 4.74 Å². The van der Waals surface area contributed by atoms with E-state index in [1.54, 1.807) is 6.92 Å². The Morgan fingerprint density at radius 3 is 2.94 bits per heavy atom. The average molecular weight is 321 g/mol. The first-order valence-electron chi connectivity index (χ1n) is 5.09. The van der Waals surface area contributed by atoms with Gasteiger partial charge in [0, 0.05) is 13.2 Å². The molecule has 1 rings (SSSR count). The fourth-order valence-electron chi connectivity index (χ4n) is 1.35. The first-order valence-corrected chi connectivity index (χ1v) is 5.89. The molecular weight excluding hydrogens is 308 g/mol. The zero-order valence-corrected chi connectivity index (χ0v) is 11.5. The second-order valence-electron chi connectivity index (χ2n) is 3.68. The SMILES string of the molecule is COCC(C)NC(=O)Cn1cc(Br)c([N+](=O)[O-])n1. The Balaban J connectivity index is 2.59. The molecule has 1 unspecified atom stereocenters. The molecule has 1 aromatic rings. The number of carbonyl (C=O) groups excluding carboxylic acids is 1. The number of aromatic nitrogens is 2. The molecular formula is C9H13BrN4O4. The molecule has 1 aromatic heterocycles. The summed E-state index contributed by atoms with van der Waals surface area (Å²) in [7, 11) is 1.54. The lowest BCUT2D eigenvalue weighted by Gasteiger charge is -2.11. The van der Waals surface area contributed by atoms with Gasteiger partial charge in [0.15, 0.2) is 0 Å². The highest BCUT2D eigenvalue weighted by atomic mass is 79.9. The fourth-order valence-corrected chi connectivity index (χ4v) is 1.81. The Morgan fingerprint density at radius 1 is 1.78 bits per heavy atom. The molecule has 100 valence electrons. The lowest BCUT2D eigenvalue weighted by molar-refractivity contribution is -0.390. The van der Waals surface area contributed by atoms with Gasteiger partial charge in [-0.1, -0.05) is 0 Å². The van der Waals surface area contributed by atoms with Crippen molar-refractivity contribution in [1.29, 1.82) is 0 Å². The molecule has 0 aliphatic rings. The molecule has 1 heterocycles. The van der Waals surface area contributed by atoms with E-state index in [9.17, 15) is 14.9 Å². The van der Waals surface area contributed by atoms with Crippen LogP contribution in [0, 0.1) is 10.1 Å². The predicted octanol–water partition coefficient (Wildman–Crippen LogP) is 0.705. The van der Waals surface area contributed by atoms with E-state index < -0.39 is 4.92 Å². The molecule has 0 radical (unpaired) electrons. The molecule has 0 bridgehead atoms. The Bertz CT molecular complexity index is 448. The number of hydrogen-bond acceptors (Lipinski definition) is 5. The molecule has 0 aliphatic heterocycles. The van der Waals surface area contributed by atoms with Crippen molar-refractivity contribution in [3.63, 3.8) is 0 Å². The summed E-state index contributed by atoms with van der Waals surface area (Å²) >= 11 is 3.01. The monoisotopic (exact) mass is 320 g/mol. The van der Waals surface area contributed by atoms with Gasteiger partial charge < -0.3 is 20.2 Å². The molecule has 1 N–H and O–H groups in total. The van der Waals surface area contributed by atoms with Crippen LogP contribution in [0.15, 0.2) is 10.7 Å². The van der Waals surface area contributed by atoms with Crippen LogP contribution >= 0.6 is 15.9 Å². The maximum absolute atomic E-state index is 11.6. The standard InChI is InChI=1S/C9H13BrN4O4/c1-6(5-18-2)11-8(15)4-13-3-7(10)9(12-13)14(16)17/h3,6H,4-5H2,1-2H3,(H,11,15). The van der Waals surface area contributed by atoms with Crippen molar-refractivity contribution in [2.45, 2.75) is 19.5 Å². The lowest BCUT2D eigenvalue weighted by Crippen LogP contribution is -2.37. The summed E-state index contributed by atoms with van der Waals surface area (Å²) in [6, 6.07) is -0.128. The zero-order chi connectivity index (χ0) is 13.7. The molecule has 0 saturated heterocycles. The molecule has 0 aliphatic carbocycles. The number of ether oxygens (including phenoxy) is 1. The third kappa shape index (κ3) is 4.08. The van der Waals surface area contributed by atoms with Crippen LogP contribution in [0.2, 0.25) is 0 Å². The van der Waals surface area contributed by atoms with E-state index in [-0.39, 0.29) is 28.8 Å².